The number of rotatable bonds is 5. The smallest absolute Gasteiger partial charge is 0.416 e. The van der Waals surface area contributed by atoms with Gasteiger partial charge >= 0.3 is 6.18 Å². The van der Waals surface area contributed by atoms with Crippen molar-refractivity contribution < 1.29 is 22.3 Å². The molecule has 0 unspecified atom stereocenters. The van der Waals surface area contributed by atoms with Crippen molar-refractivity contribution in [2.75, 3.05) is 17.5 Å². The van der Waals surface area contributed by atoms with Crippen molar-refractivity contribution in [2.24, 2.45) is 0 Å². The Kier molecular flexibility index (Phi) is 9.48. The topological polar surface area (TPSA) is 30.3 Å². The van der Waals surface area contributed by atoms with E-state index in [-0.39, 0.29) is 0 Å². The van der Waals surface area contributed by atoms with E-state index in [2.05, 4.69) is 16.5 Å². The van der Waals surface area contributed by atoms with Crippen molar-refractivity contribution >= 4 is 40.9 Å². The number of halogens is 5. The summed E-state index contributed by atoms with van der Waals surface area (Å²) in [6.07, 6.45) is 1.21. The number of benzene rings is 3. The van der Waals surface area contributed by atoms with Crippen molar-refractivity contribution in [2.45, 2.75) is 38.4 Å². The van der Waals surface area contributed by atoms with Crippen molar-refractivity contribution in [1.29, 1.82) is 0 Å². The fourth-order valence-electron chi connectivity index (χ4n) is 4.19. The van der Waals surface area contributed by atoms with Crippen LogP contribution in [0, 0.1) is 12.7 Å². The van der Waals surface area contributed by atoms with Gasteiger partial charge in [0.2, 0.25) is 0 Å². The van der Waals surface area contributed by atoms with E-state index >= 15 is 0 Å². The predicted molar refractivity (Wildman–Crippen MR) is 154 cm³/mol. The lowest BCUT2D eigenvalue weighted by atomic mass is 10.0. The third-order valence-electron chi connectivity index (χ3n) is 6.19. The van der Waals surface area contributed by atoms with Crippen molar-refractivity contribution in [1.82, 2.24) is 9.55 Å². The summed E-state index contributed by atoms with van der Waals surface area (Å²) in [4.78, 5) is 4.53. The van der Waals surface area contributed by atoms with Crippen LogP contribution in [0.25, 0.3) is 11.6 Å². The van der Waals surface area contributed by atoms with Crippen LogP contribution in [-0.4, -0.2) is 22.7 Å². The Morgan fingerprint density at radius 3 is 2.55 bits per heavy atom. The van der Waals surface area contributed by atoms with Gasteiger partial charge in [0, 0.05) is 29.4 Å². The molecule has 1 aliphatic heterocycles. The minimum atomic E-state index is -4.40. The number of fused-ring (bicyclic) bond motifs is 1. The van der Waals surface area contributed by atoms with Crippen LogP contribution < -0.4 is 9.04 Å². The number of anilines is 1. The van der Waals surface area contributed by atoms with E-state index in [1.165, 1.54) is 24.1 Å². The van der Waals surface area contributed by atoms with Gasteiger partial charge in [-0.3, -0.25) is 0 Å². The van der Waals surface area contributed by atoms with E-state index in [4.69, 9.17) is 16.3 Å². The summed E-state index contributed by atoms with van der Waals surface area (Å²) in [6, 6.07) is 15.3. The molecule has 0 spiro atoms. The predicted octanol–water partition coefficient (Wildman–Crippen LogP) is 9.18. The van der Waals surface area contributed by atoms with Crippen LogP contribution in [0.15, 0.2) is 78.0 Å². The van der Waals surface area contributed by atoms with Crippen molar-refractivity contribution in [3.8, 4) is 5.75 Å². The Balaban J connectivity index is 0.000000398. The molecule has 10 heteroatoms. The average Bonchev–Trinajstić information content (AvgIpc) is 3.34. The summed E-state index contributed by atoms with van der Waals surface area (Å²) in [5, 5.41) is 0.321. The summed E-state index contributed by atoms with van der Waals surface area (Å²) < 4.78 is 63.2. The van der Waals surface area contributed by atoms with Crippen molar-refractivity contribution in [3.05, 3.63) is 106 Å². The molecule has 0 amide bonds. The van der Waals surface area contributed by atoms with Crippen LogP contribution in [0.2, 0.25) is 5.02 Å². The van der Waals surface area contributed by atoms with E-state index in [1.807, 2.05) is 41.8 Å². The Bertz CT molecular complexity index is 1480. The van der Waals surface area contributed by atoms with Gasteiger partial charge in [-0.15, -0.1) is 0 Å². The molecular formula is C30H28ClF4N3OS. The number of ether oxygens (including phenoxy) is 1. The van der Waals surface area contributed by atoms with E-state index in [0.29, 0.717) is 40.0 Å². The Morgan fingerprint density at radius 1 is 1.12 bits per heavy atom. The largest absolute Gasteiger partial charge is 0.489 e. The average molecular weight is 590 g/mol. The molecule has 0 atom stereocenters. The van der Waals surface area contributed by atoms with Gasteiger partial charge in [0.15, 0.2) is 0 Å². The summed E-state index contributed by atoms with van der Waals surface area (Å²) in [5.74, 6) is 1.32. The highest BCUT2D eigenvalue weighted by Crippen LogP contribution is 2.41. The minimum Gasteiger partial charge on any atom is -0.489 e. The zero-order valence-electron chi connectivity index (χ0n) is 22.2. The highest BCUT2D eigenvalue weighted by Gasteiger charge is 2.31. The summed E-state index contributed by atoms with van der Waals surface area (Å²) in [6.45, 7) is 7.82. The second-order valence-electron chi connectivity index (χ2n) is 8.98. The molecule has 0 bridgehead atoms. The molecule has 3 aromatic carbocycles. The number of hydrogen-bond acceptors (Lipinski definition) is 4. The number of nitrogens with zero attached hydrogens (tertiary/aromatic N) is 3. The molecule has 210 valence electrons. The van der Waals surface area contributed by atoms with Crippen LogP contribution in [0.1, 0.15) is 36.4 Å². The number of alkyl halides is 3. The fraction of sp³-hybridized carbons (Fsp3) is 0.233. The summed E-state index contributed by atoms with van der Waals surface area (Å²) in [7, 11) is 0. The molecule has 2 heterocycles. The van der Waals surface area contributed by atoms with E-state index < -0.39 is 17.6 Å². The molecule has 4 aromatic rings. The molecule has 4 nitrogen and oxygen atoms in total. The van der Waals surface area contributed by atoms with Gasteiger partial charge < -0.3 is 13.6 Å². The first kappa shape index (κ1) is 29.6. The number of imidazole rings is 1. The minimum absolute atomic E-state index is 0.321. The van der Waals surface area contributed by atoms with Crippen LogP contribution >= 0.6 is 23.5 Å². The summed E-state index contributed by atoms with van der Waals surface area (Å²) in [5.41, 5.74) is 1.82. The zero-order valence-corrected chi connectivity index (χ0v) is 23.7. The first-order valence-electron chi connectivity index (χ1n) is 12.6. The third kappa shape index (κ3) is 7.20. The first-order chi connectivity index (χ1) is 19.1. The van der Waals surface area contributed by atoms with Crippen LogP contribution in [0.3, 0.4) is 0 Å². The summed E-state index contributed by atoms with van der Waals surface area (Å²) >= 11 is 7.39. The first-order valence-corrected chi connectivity index (χ1v) is 13.7. The molecule has 0 radical (unpaired) electrons. The van der Waals surface area contributed by atoms with Gasteiger partial charge in [-0.25, -0.2) is 9.37 Å². The molecule has 0 fully saturated rings. The molecule has 0 aliphatic carbocycles. The highest BCUT2D eigenvalue weighted by atomic mass is 35.5. The highest BCUT2D eigenvalue weighted by molar-refractivity contribution is 8.00. The van der Waals surface area contributed by atoms with Gasteiger partial charge in [-0.1, -0.05) is 35.9 Å². The SMILES string of the molecule is C/C(=C\c1ccc2c(c1)N(Sc1cccc(C(F)(F)F)c1)CCO2)c1c(F)cccc1Cl.CCn1ccnc1C. The zero-order chi connectivity index (χ0) is 28.9. The maximum Gasteiger partial charge on any atom is 0.416 e. The van der Waals surface area contributed by atoms with Crippen LogP contribution in [-0.2, 0) is 12.7 Å². The lowest BCUT2D eigenvalue weighted by molar-refractivity contribution is -0.137. The lowest BCUT2D eigenvalue weighted by Crippen LogP contribution is -2.26. The standard InChI is InChI=1S/C24H18ClF4NOS.C6H10N2/c1-15(23-19(25)6-3-7-20(23)26)12-16-8-9-22-21(13-16)30(10-11-31-22)32-18-5-2-4-17(14-18)24(27,28)29;1-3-8-5-4-7-6(8)2/h2-9,12-14H,10-11H2,1H3;4-5H,3H2,1-2H3/b15-12+;. The Morgan fingerprint density at radius 2 is 1.90 bits per heavy atom. The number of aryl methyl sites for hydroxylation is 2. The van der Waals surface area contributed by atoms with E-state index in [9.17, 15) is 17.6 Å². The maximum absolute atomic E-state index is 14.3. The van der Waals surface area contributed by atoms with Gasteiger partial charge in [0.25, 0.3) is 0 Å². The normalized spacial score (nSPS) is 13.3. The van der Waals surface area contributed by atoms with Gasteiger partial charge in [-0.05, 0) is 86.3 Å². The second kappa shape index (κ2) is 12.8. The monoisotopic (exact) mass is 589 g/mol. The van der Waals surface area contributed by atoms with Crippen LogP contribution in [0.5, 0.6) is 5.75 Å². The number of hydrogen-bond donors (Lipinski definition) is 0. The molecule has 1 aromatic heterocycles. The molecule has 5 rings (SSSR count). The number of aromatic nitrogens is 2. The van der Waals surface area contributed by atoms with E-state index in [1.54, 1.807) is 31.2 Å². The quantitative estimate of drug-likeness (QED) is 0.132. The molecule has 1 aliphatic rings. The Labute approximate surface area is 240 Å². The third-order valence-corrected chi connectivity index (χ3v) is 7.56. The van der Waals surface area contributed by atoms with Gasteiger partial charge in [0.05, 0.1) is 22.8 Å². The molecule has 0 saturated carbocycles. The molecule has 0 N–H and O–H groups in total. The van der Waals surface area contributed by atoms with Gasteiger partial charge in [-0.2, -0.15) is 13.2 Å². The van der Waals surface area contributed by atoms with Crippen molar-refractivity contribution in [3.63, 3.8) is 0 Å². The Hall–Kier alpha value is -3.43. The maximum atomic E-state index is 14.3. The second-order valence-corrected chi connectivity index (χ2v) is 10.5. The molecule has 40 heavy (non-hydrogen) atoms. The number of allylic oxidation sites excluding steroid dienone is 1. The lowest BCUT2D eigenvalue weighted by Gasteiger charge is -2.30. The van der Waals surface area contributed by atoms with E-state index in [0.717, 1.165) is 35.8 Å². The molecule has 0 saturated heterocycles. The van der Waals surface area contributed by atoms with Crippen LogP contribution in [0.4, 0.5) is 23.2 Å². The molecular weight excluding hydrogens is 562 g/mol. The van der Waals surface area contributed by atoms with Gasteiger partial charge in [0.1, 0.15) is 24.0 Å². The fourth-order valence-corrected chi connectivity index (χ4v) is 5.48.